The summed E-state index contributed by atoms with van der Waals surface area (Å²) in [5, 5.41) is 3.91. The number of rotatable bonds is 6. The number of hydrogen-bond donors (Lipinski definition) is 1. The highest BCUT2D eigenvalue weighted by atomic mass is 16.5. The van der Waals surface area contributed by atoms with E-state index in [4.69, 9.17) is 9.47 Å². The summed E-state index contributed by atoms with van der Waals surface area (Å²) < 4.78 is 12.5. The Kier molecular flexibility index (Phi) is 7.14. The van der Waals surface area contributed by atoms with Crippen LogP contribution < -0.4 is 5.32 Å². The van der Waals surface area contributed by atoms with Gasteiger partial charge >= 0.3 is 5.97 Å². The van der Waals surface area contributed by atoms with Crippen molar-refractivity contribution in [1.29, 1.82) is 0 Å². The Morgan fingerprint density at radius 3 is 2.46 bits per heavy atom. The molecule has 1 heterocycles. The molecule has 4 heteroatoms. The van der Waals surface area contributed by atoms with E-state index >= 15 is 0 Å². The number of ether oxygens (including phenoxy) is 2. The number of fused-ring (bicyclic) bond motifs is 6. The normalized spacial score (nSPS) is 47.9. The fraction of sp³-hybridized carbons (Fsp3) is 0.968. The number of hydrogen-bond acceptors (Lipinski definition) is 4. The Balaban J connectivity index is 1.38. The molecule has 5 fully saturated rings. The highest BCUT2D eigenvalue weighted by molar-refractivity contribution is 5.66. The molecule has 1 N–H and O–H groups in total. The van der Waals surface area contributed by atoms with Gasteiger partial charge in [-0.2, -0.15) is 0 Å². The van der Waals surface area contributed by atoms with Gasteiger partial charge in [0, 0.05) is 19.4 Å². The average molecular weight is 488 g/mol. The summed E-state index contributed by atoms with van der Waals surface area (Å²) in [7, 11) is 0. The van der Waals surface area contributed by atoms with Crippen LogP contribution in [0.25, 0.3) is 0 Å². The van der Waals surface area contributed by atoms with Crippen LogP contribution in [0, 0.1) is 52.3 Å². The zero-order valence-electron chi connectivity index (χ0n) is 23.5. The average Bonchev–Trinajstić information content (AvgIpc) is 3.39. The molecule has 1 spiro atoms. The second-order valence-corrected chi connectivity index (χ2v) is 14.3. The number of nitrogens with one attached hydrogen (secondary N) is 1. The smallest absolute Gasteiger partial charge is 0.302 e. The molecular formula is C31H53NO3. The minimum Gasteiger partial charge on any atom is -0.463 e. The van der Waals surface area contributed by atoms with Crippen LogP contribution in [0.15, 0.2) is 0 Å². The van der Waals surface area contributed by atoms with Crippen LogP contribution in [0.5, 0.6) is 0 Å². The highest BCUT2D eigenvalue weighted by Crippen LogP contribution is 2.70. The summed E-state index contributed by atoms with van der Waals surface area (Å²) in [6.45, 7) is 15.9. The van der Waals surface area contributed by atoms with E-state index in [0.29, 0.717) is 11.3 Å². The van der Waals surface area contributed by atoms with E-state index in [1.54, 1.807) is 6.92 Å². The Morgan fingerprint density at radius 2 is 1.77 bits per heavy atom. The fourth-order valence-corrected chi connectivity index (χ4v) is 10.6. The van der Waals surface area contributed by atoms with Crippen molar-refractivity contribution in [1.82, 2.24) is 5.32 Å². The summed E-state index contributed by atoms with van der Waals surface area (Å²) in [4.78, 5) is 11.8. The number of carbonyl (C=O) groups excluding carboxylic acids is 1. The van der Waals surface area contributed by atoms with Crippen LogP contribution in [-0.4, -0.2) is 30.9 Å². The summed E-state index contributed by atoms with van der Waals surface area (Å²) in [5.41, 5.74) is 0.559. The molecule has 1 saturated heterocycles. The standard InChI is InChI=1S/C31H53NO3/c1-20(2)8-7-9-21(3)25-10-11-26-24-19-31(32-16-17-34-31)28-18-23(35-22(4)33)12-14-30(28,6)27(24)13-15-29(25,26)5/h20-21,23-28,32H,7-19H2,1-6H3/t21-,23+,24+,25-,26+,27+,28+,29-,30-,31-/m1/s1. The maximum Gasteiger partial charge on any atom is 0.302 e. The first kappa shape index (κ1) is 26.0. The van der Waals surface area contributed by atoms with Crippen LogP contribution in [0.4, 0.5) is 0 Å². The largest absolute Gasteiger partial charge is 0.463 e. The lowest BCUT2D eigenvalue weighted by atomic mass is 9.42. The van der Waals surface area contributed by atoms with E-state index < -0.39 is 0 Å². The number of carbonyl (C=O) groups is 1. The molecule has 0 unspecified atom stereocenters. The number of esters is 1. The molecule has 5 aliphatic rings. The van der Waals surface area contributed by atoms with Gasteiger partial charge in [-0.15, -0.1) is 0 Å². The van der Waals surface area contributed by atoms with E-state index in [0.717, 1.165) is 61.5 Å². The summed E-state index contributed by atoms with van der Waals surface area (Å²) in [6.07, 6.45) is 14.2. The predicted octanol–water partition coefficient (Wildman–Crippen LogP) is 6.97. The third-order valence-electron chi connectivity index (χ3n) is 12.1. The lowest BCUT2D eigenvalue weighted by Gasteiger charge is -2.65. The Morgan fingerprint density at radius 1 is 1.03 bits per heavy atom. The van der Waals surface area contributed by atoms with Gasteiger partial charge in [-0.3, -0.25) is 10.1 Å². The van der Waals surface area contributed by atoms with Crippen LogP contribution in [-0.2, 0) is 14.3 Å². The van der Waals surface area contributed by atoms with Crippen molar-refractivity contribution < 1.29 is 14.3 Å². The maximum atomic E-state index is 11.8. The van der Waals surface area contributed by atoms with Crippen molar-refractivity contribution in [3.05, 3.63) is 0 Å². The molecule has 1 aliphatic heterocycles. The van der Waals surface area contributed by atoms with Crippen LogP contribution in [0.3, 0.4) is 0 Å². The third kappa shape index (κ3) is 4.41. The van der Waals surface area contributed by atoms with Crippen molar-refractivity contribution in [2.24, 2.45) is 52.3 Å². The van der Waals surface area contributed by atoms with Gasteiger partial charge < -0.3 is 9.47 Å². The lowest BCUT2D eigenvalue weighted by molar-refractivity contribution is -0.229. The van der Waals surface area contributed by atoms with E-state index in [1.807, 2.05) is 0 Å². The minimum absolute atomic E-state index is 0.0569. The molecular weight excluding hydrogens is 434 g/mol. The SMILES string of the molecule is CC(=O)O[C@H]1CC[C@]2(C)[C@H]3CC[C@]4(C)[C@@H]([C@H](C)CCCC(C)C)CC[C@H]4[C@@H]3C[C@]3(NCCO3)[C@H]2C1. The minimum atomic E-state index is -0.214. The maximum absolute atomic E-state index is 11.8. The Hall–Kier alpha value is -0.610. The van der Waals surface area contributed by atoms with Crippen molar-refractivity contribution in [2.75, 3.05) is 13.2 Å². The van der Waals surface area contributed by atoms with Gasteiger partial charge in [-0.25, -0.2) is 0 Å². The van der Waals surface area contributed by atoms with E-state index in [9.17, 15) is 4.79 Å². The topological polar surface area (TPSA) is 47.6 Å². The van der Waals surface area contributed by atoms with E-state index in [1.165, 1.54) is 57.8 Å². The van der Waals surface area contributed by atoms with Gasteiger partial charge in [-0.1, -0.05) is 53.9 Å². The van der Waals surface area contributed by atoms with Gasteiger partial charge in [0.1, 0.15) is 11.8 Å². The Bertz CT molecular complexity index is 775. The van der Waals surface area contributed by atoms with Gasteiger partial charge in [-0.05, 0) is 97.7 Å². The van der Waals surface area contributed by atoms with Crippen molar-refractivity contribution >= 4 is 5.97 Å². The molecule has 0 aromatic carbocycles. The lowest BCUT2D eigenvalue weighted by Crippen LogP contribution is -2.66. The molecule has 10 atom stereocenters. The van der Waals surface area contributed by atoms with Crippen molar-refractivity contribution in [3.63, 3.8) is 0 Å². The highest BCUT2D eigenvalue weighted by Gasteiger charge is 2.67. The van der Waals surface area contributed by atoms with Gasteiger partial charge in [0.2, 0.25) is 0 Å². The zero-order chi connectivity index (χ0) is 25.0. The molecule has 0 bridgehead atoms. The molecule has 0 aromatic heterocycles. The van der Waals surface area contributed by atoms with Crippen molar-refractivity contribution in [2.45, 2.75) is 124 Å². The summed E-state index contributed by atoms with van der Waals surface area (Å²) in [6, 6.07) is 0. The molecule has 4 aliphatic carbocycles. The van der Waals surface area contributed by atoms with Crippen molar-refractivity contribution in [3.8, 4) is 0 Å². The van der Waals surface area contributed by atoms with Crippen LogP contribution >= 0.6 is 0 Å². The predicted molar refractivity (Wildman–Crippen MR) is 141 cm³/mol. The monoisotopic (exact) mass is 487 g/mol. The molecule has 4 saturated carbocycles. The quantitative estimate of drug-likeness (QED) is 0.411. The first-order valence-electron chi connectivity index (χ1n) is 15.2. The van der Waals surface area contributed by atoms with Crippen LogP contribution in [0.2, 0.25) is 0 Å². The van der Waals surface area contributed by atoms with Gasteiger partial charge in [0.15, 0.2) is 0 Å². The second-order valence-electron chi connectivity index (χ2n) is 14.3. The molecule has 200 valence electrons. The summed E-state index contributed by atoms with van der Waals surface area (Å²) in [5.74, 6) is 5.26. The zero-order valence-corrected chi connectivity index (χ0v) is 23.5. The molecule has 0 amide bonds. The van der Waals surface area contributed by atoms with Crippen LogP contribution in [0.1, 0.15) is 112 Å². The molecule has 4 nitrogen and oxygen atoms in total. The fourth-order valence-electron chi connectivity index (χ4n) is 10.6. The second kappa shape index (κ2) is 9.61. The summed E-state index contributed by atoms with van der Waals surface area (Å²) >= 11 is 0. The van der Waals surface area contributed by atoms with Gasteiger partial charge in [0.25, 0.3) is 0 Å². The van der Waals surface area contributed by atoms with E-state index in [-0.39, 0.29) is 23.2 Å². The first-order chi connectivity index (χ1) is 16.6. The molecule has 5 rings (SSSR count). The molecule has 35 heavy (non-hydrogen) atoms. The molecule has 0 aromatic rings. The van der Waals surface area contributed by atoms with Gasteiger partial charge in [0.05, 0.1) is 6.61 Å². The molecule has 0 radical (unpaired) electrons. The Labute approximate surface area is 215 Å². The third-order valence-corrected chi connectivity index (χ3v) is 12.1. The first-order valence-corrected chi connectivity index (χ1v) is 15.2. The van der Waals surface area contributed by atoms with E-state index in [2.05, 4.69) is 39.9 Å².